The van der Waals surface area contributed by atoms with Gasteiger partial charge in [-0.1, -0.05) is 67.5 Å². The van der Waals surface area contributed by atoms with Crippen LogP contribution in [0.5, 0.6) is 0 Å². The highest BCUT2D eigenvalue weighted by molar-refractivity contribution is 5.94. The van der Waals surface area contributed by atoms with E-state index in [4.69, 9.17) is 0 Å². The average molecular weight is 419 g/mol. The van der Waals surface area contributed by atoms with Crippen molar-refractivity contribution in [2.24, 2.45) is 17.8 Å². The summed E-state index contributed by atoms with van der Waals surface area (Å²) < 4.78 is 0. The molecule has 0 spiro atoms. The minimum Gasteiger partial charge on any atom is -0.315 e. The van der Waals surface area contributed by atoms with E-state index in [-0.39, 0.29) is 17.7 Å². The van der Waals surface area contributed by atoms with Crippen LogP contribution in [0.25, 0.3) is 0 Å². The fourth-order valence-corrected chi connectivity index (χ4v) is 3.45. The third-order valence-corrected chi connectivity index (χ3v) is 5.06. The highest BCUT2D eigenvalue weighted by atomic mass is 16.2. The van der Waals surface area contributed by atoms with Gasteiger partial charge in [-0.05, 0) is 55.5 Å². The van der Waals surface area contributed by atoms with Gasteiger partial charge in [0.2, 0.25) is 5.91 Å². The predicted octanol–water partition coefficient (Wildman–Crippen LogP) is 6.01. The molecule has 0 saturated carbocycles. The quantitative estimate of drug-likeness (QED) is 0.531. The Bertz CT molecular complexity index is 586. The molecule has 0 bridgehead atoms. The maximum absolute atomic E-state index is 12.1. The van der Waals surface area contributed by atoms with Crippen molar-refractivity contribution >= 4 is 17.9 Å². The topological polar surface area (TPSA) is 40.6 Å². The van der Waals surface area contributed by atoms with E-state index in [1.54, 1.807) is 4.90 Å². The Morgan fingerprint density at radius 1 is 1.03 bits per heavy atom. The third kappa shape index (κ3) is 10.4. The number of benzene rings is 1. The van der Waals surface area contributed by atoms with Gasteiger partial charge in [-0.25, -0.2) is 0 Å². The molecule has 1 amide bonds. The number of hydrogen-bond acceptors (Lipinski definition) is 3. The fourth-order valence-electron chi connectivity index (χ4n) is 3.45. The lowest BCUT2D eigenvalue weighted by Crippen LogP contribution is -2.35. The molecule has 4 heteroatoms. The molecule has 0 radical (unpaired) electrons. The van der Waals surface area contributed by atoms with Crippen molar-refractivity contribution in [2.75, 3.05) is 31.6 Å². The van der Waals surface area contributed by atoms with Crippen molar-refractivity contribution in [3.05, 3.63) is 29.8 Å². The molecule has 1 fully saturated rings. The summed E-state index contributed by atoms with van der Waals surface area (Å²) in [5, 5.41) is 0. The summed E-state index contributed by atoms with van der Waals surface area (Å²) in [6.45, 7) is 19.8. The smallest absolute Gasteiger partial charge is 0.229 e. The first kappa shape index (κ1) is 28.3. The van der Waals surface area contributed by atoms with Crippen molar-refractivity contribution in [1.82, 2.24) is 4.90 Å². The first-order chi connectivity index (χ1) is 14.1. The SMILES string of the molecule is CC.CC(C)C=O.CC(C)CN1CCC(c2ccc(N(C)C(=O)C(C)C)cc2)CC1. The van der Waals surface area contributed by atoms with Gasteiger partial charge in [0.05, 0.1) is 0 Å². The molecule has 2 rings (SSSR count). The molecular weight excluding hydrogens is 372 g/mol. The Balaban J connectivity index is 0.00000105. The standard InChI is InChI=1S/C20H32N2O.C4H8O.C2H6/c1-15(2)14-22-12-10-18(11-13-22)17-6-8-19(9-7-17)21(5)20(23)16(3)4;1-4(2)3-5;1-2/h6-9,15-16,18H,10-14H2,1-5H3;3-4H,1-2H3;1-2H3. The third-order valence-electron chi connectivity index (χ3n) is 5.06. The Kier molecular flexibility index (Phi) is 14.3. The van der Waals surface area contributed by atoms with Crippen LogP contribution >= 0.6 is 0 Å². The Hall–Kier alpha value is -1.68. The van der Waals surface area contributed by atoms with Crippen LogP contribution in [0.2, 0.25) is 0 Å². The fraction of sp³-hybridized carbons (Fsp3) is 0.692. The van der Waals surface area contributed by atoms with Gasteiger partial charge < -0.3 is 14.6 Å². The number of hydrogen-bond donors (Lipinski definition) is 0. The summed E-state index contributed by atoms with van der Waals surface area (Å²) in [4.78, 5) is 25.9. The van der Waals surface area contributed by atoms with E-state index in [0.29, 0.717) is 5.92 Å². The summed E-state index contributed by atoms with van der Waals surface area (Å²) in [5.41, 5.74) is 2.41. The normalized spacial score (nSPS) is 14.7. The Morgan fingerprint density at radius 3 is 1.87 bits per heavy atom. The van der Waals surface area contributed by atoms with Gasteiger partial charge in [0.1, 0.15) is 6.29 Å². The predicted molar refractivity (Wildman–Crippen MR) is 130 cm³/mol. The van der Waals surface area contributed by atoms with E-state index in [9.17, 15) is 9.59 Å². The van der Waals surface area contributed by atoms with Crippen LogP contribution in [0.3, 0.4) is 0 Å². The maximum atomic E-state index is 12.1. The molecule has 1 saturated heterocycles. The van der Waals surface area contributed by atoms with Crippen molar-refractivity contribution in [1.29, 1.82) is 0 Å². The lowest BCUT2D eigenvalue weighted by Gasteiger charge is -2.33. The van der Waals surface area contributed by atoms with Gasteiger partial charge >= 0.3 is 0 Å². The zero-order valence-corrected chi connectivity index (χ0v) is 20.9. The summed E-state index contributed by atoms with van der Waals surface area (Å²) in [6.07, 6.45) is 3.40. The lowest BCUT2D eigenvalue weighted by atomic mass is 9.89. The second-order valence-electron chi connectivity index (χ2n) is 8.99. The molecule has 30 heavy (non-hydrogen) atoms. The zero-order chi connectivity index (χ0) is 23.3. The monoisotopic (exact) mass is 418 g/mol. The molecule has 172 valence electrons. The molecule has 4 nitrogen and oxygen atoms in total. The number of anilines is 1. The molecule has 1 heterocycles. The Morgan fingerprint density at radius 2 is 1.50 bits per heavy atom. The molecule has 1 aliphatic rings. The van der Waals surface area contributed by atoms with Gasteiger partial charge in [0, 0.05) is 31.1 Å². The summed E-state index contributed by atoms with van der Waals surface area (Å²) in [5.74, 6) is 1.82. The van der Waals surface area contributed by atoms with Gasteiger partial charge in [0.15, 0.2) is 0 Å². The van der Waals surface area contributed by atoms with Gasteiger partial charge in [-0.3, -0.25) is 4.79 Å². The van der Waals surface area contributed by atoms with E-state index in [1.807, 2.05) is 48.6 Å². The lowest BCUT2D eigenvalue weighted by molar-refractivity contribution is -0.121. The van der Waals surface area contributed by atoms with Crippen LogP contribution in [0.4, 0.5) is 5.69 Å². The largest absolute Gasteiger partial charge is 0.315 e. The van der Waals surface area contributed by atoms with E-state index < -0.39 is 0 Å². The van der Waals surface area contributed by atoms with Crippen molar-refractivity contribution in [3.63, 3.8) is 0 Å². The molecule has 1 aromatic carbocycles. The molecule has 0 N–H and O–H groups in total. The molecule has 0 unspecified atom stereocenters. The van der Waals surface area contributed by atoms with Crippen molar-refractivity contribution in [3.8, 4) is 0 Å². The number of aldehydes is 1. The van der Waals surface area contributed by atoms with E-state index >= 15 is 0 Å². The first-order valence-electron chi connectivity index (χ1n) is 11.7. The van der Waals surface area contributed by atoms with E-state index in [0.717, 1.165) is 17.9 Å². The minimum atomic E-state index is 0.0324. The van der Waals surface area contributed by atoms with Crippen molar-refractivity contribution < 1.29 is 9.59 Å². The number of nitrogens with zero attached hydrogens (tertiary/aromatic N) is 2. The van der Waals surface area contributed by atoms with Crippen LogP contribution in [-0.4, -0.2) is 43.8 Å². The Labute approximate surface area is 186 Å². The number of likely N-dealkylation sites (tertiary alicyclic amines) is 1. The molecule has 0 aromatic heterocycles. The molecule has 1 aromatic rings. The maximum Gasteiger partial charge on any atom is 0.229 e. The number of rotatable bonds is 6. The highest BCUT2D eigenvalue weighted by Gasteiger charge is 2.21. The van der Waals surface area contributed by atoms with E-state index in [2.05, 4.69) is 43.0 Å². The van der Waals surface area contributed by atoms with Gasteiger partial charge in [0.25, 0.3) is 0 Å². The van der Waals surface area contributed by atoms with Crippen LogP contribution in [0.1, 0.15) is 79.7 Å². The summed E-state index contributed by atoms with van der Waals surface area (Å²) in [6, 6.07) is 8.61. The number of amides is 1. The average Bonchev–Trinajstić information content (AvgIpc) is 2.74. The summed E-state index contributed by atoms with van der Waals surface area (Å²) in [7, 11) is 1.86. The minimum absolute atomic E-state index is 0.0324. The second-order valence-corrected chi connectivity index (χ2v) is 8.99. The molecule has 0 aliphatic carbocycles. The molecule has 0 atom stereocenters. The van der Waals surface area contributed by atoms with Crippen molar-refractivity contribution in [2.45, 2.75) is 74.1 Å². The molecular formula is C26H46N2O2. The van der Waals surface area contributed by atoms with Crippen LogP contribution in [0, 0.1) is 17.8 Å². The zero-order valence-electron chi connectivity index (χ0n) is 20.9. The van der Waals surface area contributed by atoms with Gasteiger partial charge in [-0.2, -0.15) is 0 Å². The number of carbonyl (C=O) groups is 2. The molecule has 1 aliphatic heterocycles. The van der Waals surface area contributed by atoms with E-state index in [1.165, 1.54) is 38.0 Å². The van der Waals surface area contributed by atoms with Crippen LogP contribution < -0.4 is 4.90 Å². The van der Waals surface area contributed by atoms with Gasteiger partial charge in [-0.15, -0.1) is 0 Å². The first-order valence-corrected chi connectivity index (χ1v) is 11.7. The summed E-state index contributed by atoms with van der Waals surface area (Å²) >= 11 is 0. The van der Waals surface area contributed by atoms with Crippen LogP contribution in [0.15, 0.2) is 24.3 Å². The number of carbonyl (C=O) groups excluding carboxylic acids is 2. The highest BCUT2D eigenvalue weighted by Crippen LogP contribution is 2.29. The van der Waals surface area contributed by atoms with Crippen LogP contribution in [-0.2, 0) is 9.59 Å². The second kappa shape index (κ2) is 15.2. The number of piperidine rings is 1.